The van der Waals surface area contributed by atoms with Gasteiger partial charge in [-0.3, -0.25) is 4.98 Å². The van der Waals surface area contributed by atoms with Crippen LogP contribution in [0.5, 0.6) is 0 Å². The highest BCUT2D eigenvalue weighted by Gasteiger charge is 2.53. The van der Waals surface area contributed by atoms with Crippen LogP contribution >= 0.6 is 0 Å². The van der Waals surface area contributed by atoms with Crippen LogP contribution in [0.15, 0.2) is 176 Å². The Kier molecular flexibility index (Phi) is 6.20. The van der Waals surface area contributed by atoms with E-state index in [0.29, 0.717) is 0 Å². The molecule has 50 heavy (non-hydrogen) atoms. The lowest BCUT2D eigenvalue weighted by Crippen LogP contribution is -2.40. The van der Waals surface area contributed by atoms with Crippen LogP contribution in [0.3, 0.4) is 0 Å². The van der Waals surface area contributed by atoms with E-state index in [1.807, 2.05) is 12.3 Å². The first-order valence-corrected chi connectivity index (χ1v) is 17.5. The molecule has 8 aromatic rings. The summed E-state index contributed by atoms with van der Waals surface area (Å²) in [5.41, 5.74) is 18.7. The molecule has 1 heterocycles. The van der Waals surface area contributed by atoms with Gasteiger partial charge >= 0.3 is 0 Å². The van der Waals surface area contributed by atoms with Crippen molar-refractivity contribution in [2.24, 2.45) is 0 Å². The summed E-state index contributed by atoms with van der Waals surface area (Å²) < 4.78 is 0. The highest BCUT2D eigenvalue weighted by atomic mass is 14.6. The Bertz CT molecular complexity index is 2570. The molecule has 0 saturated heterocycles. The van der Waals surface area contributed by atoms with E-state index in [9.17, 15) is 0 Å². The molecule has 7 aromatic carbocycles. The zero-order valence-corrected chi connectivity index (χ0v) is 28.2. The second-order valence-corrected chi connectivity index (χ2v) is 14.3. The van der Waals surface area contributed by atoms with E-state index < -0.39 is 0 Å². The predicted molar refractivity (Wildman–Crippen MR) is 207 cm³/mol. The van der Waals surface area contributed by atoms with Gasteiger partial charge in [0.05, 0.1) is 10.9 Å². The fraction of sp³-hybridized carbons (Fsp3) is 0.0816. The van der Waals surface area contributed by atoms with E-state index in [2.05, 4.69) is 183 Å². The highest BCUT2D eigenvalue weighted by Crippen LogP contribution is 2.62. The third-order valence-corrected chi connectivity index (χ3v) is 11.4. The Hall–Kier alpha value is -6.05. The number of pyridine rings is 1. The molecule has 236 valence electrons. The van der Waals surface area contributed by atoms with Crippen molar-refractivity contribution >= 4 is 10.9 Å². The second-order valence-electron chi connectivity index (χ2n) is 14.3. The average molecular weight is 638 g/mol. The number of hydrogen-bond donors (Lipinski definition) is 0. The standard InChI is InChI=1S/C49H35N/c1-48(2)43-19-5-7-21-45(43)49(46-22-8-6-20-44(46)48)41-18-4-3-16-39(41)40-31-37(27-28-42(40)49)36-14-9-13-35(30-36)32-23-25-33(26-24-32)38-17-10-12-34-15-11-29-50-47(34)38/h3-31H,1-2H3. The smallest absolute Gasteiger partial charge is 0.0780 e. The highest BCUT2D eigenvalue weighted by molar-refractivity contribution is 5.94. The molecule has 0 aliphatic heterocycles. The van der Waals surface area contributed by atoms with E-state index in [1.54, 1.807) is 0 Å². The zero-order valence-electron chi connectivity index (χ0n) is 28.2. The molecule has 1 nitrogen and oxygen atoms in total. The third-order valence-electron chi connectivity index (χ3n) is 11.4. The monoisotopic (exact) mass is 637 g/mol. The SMILES string of the molecule is CC1(C)c2ccccc2C2(c3ccccc3-c3cc(-c4cccc(-c5ccc(-c6cccc7cccnc67)cc5)c4)ccc32)c2ccccc21. The number of rotatable bonds is 3. The van der Waals surface area contributed by atoms with Gasteiger partial charge in [0.15, 0.2) is 0 Å². The van der Waals surface area contributed by atoms with E-state index in [0.717, 1.165) is 16.5 Å². The number of fused-ring (bicyclic) bond motifs is 10. The van der Waals surface area contributed by atoms with Crippen molar-refractivity contribution in [3.8, 4) is 44.5 Å². The summed E-state index contributed by atoms with van der Waals surface area (Å²) in [5.74, 6) is 0. The van der Waals surface area contributed by atoms with Gasteiger partial charge in [-0.25, -0.2) is 0 Å². The molecule has 0 fully saturated rings. The van der Waals surface area contributed by atoms with Gasteiger partial charge in [0, 0.05) is 22.6 Å². The molecule has 0 unspecified atom stereocenters. The van der Waals surface area contributed by atoms with E-state index in [-0.39, 0.29) is 10.8 Å². The molecule has 0 N–H and O–H groups in total. The summed E-state index contributed by atoms with van der Waals surface area (Å²) in [4.78, 5) is 4.68. The molecular formula is C49H35N. The Balaban J connectivity index is 1.09. The number of para-hydroxylation sites is 1. The average Bonchev–Trinajstić information content (AvgIpc) is 3.47. The van der Waals surface area contributed by atoms with Crippen molar-refractivity contribution in [1.29, 1.82) is 0 Å². The van der Waals surface area contributed by atoms with Crippen LogP contribution in [0.2, 0.25) is 0 Å². The van der Waals surface area contributed by atoms with Crippen molar-refractivity contribution in [2.75, 3.05) is 0 Å². The van der Waals surface area contributed by atoms with Gasteiger partial charge in [0.1, 0.15) is 0 Å². The van der Waals surface area contributed by atoms with Crippen LogP contribution < -0.4 is 0 Å². The maximum atomic E-state index is 4.68. The number of benzene rings is 7. The normalized spacial score (nSPS) is 14.5. The Morgan fingerprint density at radius 1 is 0.360 bits per heavy atom. The minimum absolute atomic E-state index is 0.0967. The van der Waals surface area contributed by atoms with Gasteiger partial charge in [-0.15, -0.1) is 0 Å². The fourth-order valence-corrected chi connectivity index (χ4v) is 9.10. The lowest BCUT2D eigenvalue weighted by molar-refractivity contribution is 0.563. The van der Waals surface area contributed by atoms with Crippen LogP contribution in [0.25, 0.3) is 55.4 Å². The first-order chi connectivity index (χ1) is 24.5. The summed E-state index contributed by atoms with van der Waals surface area (Å²) in [7, 11) is 0. The molecule has 1 aromatic heterocycles. The minimum atomic E-state index is -0.365. The minimum Gasteiger partial charge on any atom is -0.256 e. The largest absolute Gasteiger partial charge is 0.256 e. The summed E-state index contributed by atoms with van der Waals surface area (Å²) in [6, 6.07) is 63.0. The maximum Gasteiger partial charge on any atom is 0.0780 e. The topological polar surface area (TPSA) is 12.9 Å². The number of nitrogens with zero attached hydrogens (tertiary/aromatic N) is 1. The Labute approximate surface area is 293 Å². The quantitative estimate of drug-likeness (QED) is 0.188. The van der Waals surface area contributed by atoms with Crippen LogP contribution in [-0.2, 0) is 10.8 Å². The van der Waals surface area contributed by atoms with Gasteiger partial charge in [-0.1, -0.05) is 166 Å². The number of hydrogen-bond acceptors (Lipinski definition) is 1. The van der Waals surface area contributed by atoms with E-state index in [1.165, 1.54) is 72.3 Å². The first kappa shape index (κ1) is 28.9. The molecule has 2 aliphatic carbocycles. The molecule has 0 atom stereocenters. The third kappa shape index (κ3) is 3.98. The molecule has 10 rings (SSSR count). The Morgan fingerprint density at radius 2 is 0.880 bits per heavy atom. The lowest BCUT2D eigenvalue weighted by atomic mass is 9.55. The van der Waals surface area contributed by atoms with Crippen molar-refractivity contribution in [1.82, 2.24) is 4.98 Å². The van der Waals surface area contributed by atoms with Crippen LogP contribution in [0.1, 0.15) is 47.2 Å². The first-order valence-electron chi connectivity index (χ1n) is 17.5. The van der Waals surface area contributed by atoms with Crippen molar-refractivity contribution in [3.63, 3.8) is 0 Å². The summed E-state index contributed by atoms with van der Waals surface area (Å²) in [6.07, 6.45) is 1.87. The zero-order chi connectivity index (χ0) is 33.5. The predicted octanol–water partition coefficient (Wildman–Crippen LogP) is 12.2. The summed E-state index contributed by atoms with van der Waals surface area (Å²) in [6.45, 7) is 4.76. The molecule has 0 amide bonds. The van der Waals surface area contributed by atoms with Crippen LogP contribution in [0, 0.1) is 0 Å². The van der Waals surface area contributed by atoms with Gasteiger partial charge in [-0.05, 0) is 90.5 Å². The van der Waals surface area contributed by atoms with Crippen molar-refractivity contribution < 1.29 is 0 Å². The van der Waals surface area contributed by atoms with Gasteiger partial charge in [-0.2, -0.15) is 0 Å². The summed E-state index contributed by atoms with van der Waals surface area (Å²) >= 11 is 0. The second kappa shape index (κ2) is 10.7. The molecule has 0 saturated carbocycles. The molecular weight excluding hydrogens is 603 g/mol. The van der Waals surface area contributed by atoms with Crippen LogP contribution in [0.4, 0.5) is 0 Å². The molecule has 0 bridgehead atoms. The fourth-order valence-electron chi connectivity index (χ4n) is 9.10. The van der Waals surface area contributed by atoms with Crippen LogP contribution in [-0.4, -0.2) is 4.98 Å². The molecule has 1 spiro atoms. The molecule has 1 heteroatoms. The summed E-state index contributed by atoms with van der Waals surface area (Å²) in [5, 5.41) is 1.16. The van der Waals surface area contributed by atoms with Gasteiger partial charge < -0.3 is 0 Å². The molecule has 0 radical (unpaired) electrons. The van der Waals surface area contributed by atoms with E-state index in [4.69, 9.17) is 0 Å². The lowest BCUT2D eigenvalue weighted by Gasteiger charge is -2.46. The molecule has 2 aliphatic rings. The maximum absolute atomic E-state index is 4.68. The Morgan fingerprint density at radius 3 is 1.62 bits per heavy atom. The van der Waals surface area contributed by atoms with Gasteiger partial charge in [0.25, 0.3) is 0 Å². The van der Waals surface area contributed by atoms with Crippen molar-refractivity contribution in [3.05, 3.63) is 209 Å². The van der Waals surface area contributed by atoms with Crippen molar-refractivity contribution in [2.45, 2.75) is 24.7 Å². The van der Waals surface area contributed by atoms with E-state index >= 15 is 0 Å². The number of aromatic nitrogens is 1. The van der Waals surface area contributed by atoms with Gasteiger partial charge in [0.2, 0.25) is 0 Å².